The van der Waals surface area contributed by atoms with Crippen LogP contribution in [0, 0.1) is 13.8 Å². The molecule has 0 atom stereocenters. The number of amides is 1. The summed E-state index contributed by atoms with van der Waals surface area (Å²) in [4.78, 5) is 13.6. The molecular weight excluding hydrogens is 300 g/mol. The number of benzene rings is 1. The van der Waals surface area contributed by atoms with Gasteiger partial charge in [0.15, 0.2) is 0 Å². The maximum absolute atomic E-state index is 12.4. The predicted molar refractivity (Wildman–Crippen MR) is 88.2 cm³/mol. The zero-order valence-corrected chi connectivity index (χ0v) is 15.0. The summed E-state index contributed by atoms with van der Waals surface area (Å²) in [5.74, 6) is -0.0711. The summed E-state index contributed by atoms with van der Waals surface area (Å²) in [7, 11) is -3.56. The zero-order valence-electron chi connectivity index (χ0n) is 14.2. The third-order valence-corrected chi connectivity index (χ3v) is 5.06. The van der Waals surface area contributed by atoms with E-state index in [1.165, 1.54) is 6.92 Å². The number of hydrogen-bond acceptors (Lipinski definition) is 3. The number of nitrogens with one attached hydrogen (secondary N) is 1. The van der Waals surface area contributed by atoms with E-state index in [4.69, 9.17) is 0 Å². The molecule has 0 aliphatic rings. The molecule has 1 aromatic rings. The minimum absolute atomic E-state index is 0.0711. The predicted octanol–water partition coefficient (Wildman–Crippen LogP) is 2.23. The van der Waals surface area contributed by atoms with Gasteiger partial charge in [-0.15, -0.1) is 0 Å². The van der Waals surface area contributed by atoms with E-state index in [1.807, 2.05) is 33.8 Å². The Labute approximate surface area is 133 Å². The van der Waals surface area contributed by atoms with Gasteiger partial charge >= 0.3 is 0 Å². The van der Waals surface area contributed by atoms with E-state index in [0.29, 0.717) is 12.1 Å². The molecule has 0 aliphatic heterocycles. The zero-order chi connectivity index (χ0) is 17.1. The summed E-state index contributed by atoms with van der Waals surface area (Å²) in [6.07, 6.45) is 0. The molecule has 0 radical (unpaired) electrons. The molecule has 0 bridgehead atoms. The molecule has 22 heavy (non-hydrogen) atoms. The van der Waals surface area contributed by atoms with Crippen LogP contribution < -0.4 is 4.72 Å². The number of sulfonamides is 1. The van der Waals surface area contributed by atoms with Crippen molar-refractivity contribution in [3.8, 4) is 0 Å². The van der Waals surface area contributed by atoms with Crippen LogP contribution in [0.25, 0.3) is 0 Å². The SMILES string of the molecule is CC(=O)N(CCNS(=O)(=O)c1ccc(C)cc1C)C(C)(C)C. The second-order valence-corrected chi connectivity index (χ2v) is 8.24. The molecule has 5 nitrogen and oxygen atoms in total. The van der Waals surface area contributed by atoms with Crippen LogP contribution in [-0.2, 0) is 14.8 Å². The summed E-state index contributed by atoms with van der Waals surface area (Å²) in [6, 6.07) is 5.23. The third kappa shape index (κ3) is 4.81. The van der Waals surface area contributed by atoms with Gasteiger partial charge in [0.2, 0.25) is 15.9 Å². The largest absolute Gasteiger partial charge is 0.337 e. The first kappa shape index (κ1) is 18.6. The molecule has 124 valence electrons. The Bertz CT molecular complexity index is 646. The van der Waals surface area contributed by atoms with Crippen molar-refractivity contribution in [1.82, 2.24) is 9.62 Å². The van der Waals surface area contributed by atoms with Crippen molar-refractivity contribution >= 4 is 15.9 Å². The molecule has 1 N–H and O–H groups in total. The van der Waals surface area contributed by atoms with Gasteiger partial charge in [0, 0.05) is 25.6 Å². The molecule has 0 saturated carbocycles. The molecule has 0 heterocycles. The van der Waals surface area contributed by atoms with Crippen molar-refractivity contribution in [3.63, 3.8) is 0 Å². The molecule has 0 aliphatic carbocycles. The van der Waals surface area contributed by atoms with Crippen LogP contribution >= 0.6 is 0 Å². The summed E-state index contributed by atoms with van der Waals surface area (Å²) in [5.41, 5.74) is 1.40. The molecule has 1 aromatic carbocycles. The highest BCUT2D eigenvalue weighted by Crippen LogP contribution is 2.16. The molecule has 0 aromatic heterocycles. The molecule has 1 amide bonds. The highest BCUT2D eigenvalue weighted by atomic mass is 32.2. The van der Waals surface area contributed by atoms with Crippen molar-refractivity contribution in [1.29, 1.82) is 0 Å². The first-order valence-electron chi connectivity index (χ1n) is 7.30. The van der Waals surface area contributed by atoms with E-state index >= 15 is 0 Å². The quantitative estimate of drug-likeness (QED) is 0.902. The summed E-state index contributed by atoms with van der Waals surface area (Å²) >= 11 is 0. The Kier molecular flexibility index (Phi) is 5.76. The fourth-order valence-corrected chi connectivity index (χ4v) is 3.68. The van der Waals surface area contributed by atoms with Gasteiger partial charge in [0.05, 0.1) is 4.90 Å². The number of rotatable bonds is 5. The lowest BCUT2D eigenvalue weighted by atomic mass is 10.1. The van der Waals surface area contributed by atoms with E-state index in [-0.39, 0.29) is 22.9 Å². The van der Waals surface area contributed by atoms with Gasteiger partial charge < -0.3 is 4.90 Å². The van der Waals surface area contributed by atoms with Crippen molar-refractivity contribution in [2.45, 2.75) is 52.0 Å². The average molecular weight is 326 g/mol. The molecule has 0 saturated heterocycles. The van der Waals surface area contributed by atoms with Gasteiger partial charge in [-0.1, -0.05) is 17.7 Å². The standard InChI is InChI=1S/C16H26N2O3S/c1-12-7-8-15(13(2)11-12)22(20,21)17-9-10-18(14(3)19)16(4,5)6/h7-8,11,17H,9-10H2,1-6H3. The van der Waals surface area contributed by atoms with Gasteiger partial charge in [0.25, 0.3) is 0 Å². The monoisotopic (exact) mass is 326 g/mol. The molecule has 1 rings (SSSR count). The van der Waals surface area contributed by atoms with Crippen molar-refractivity contribution in [2.75, 3.05) is 13.1 Å². The Balaban J connectivity index is 2.80. The van der Waals surface area contributed by atoms with E-state index in [2.05, 4.69) is 4.72 Å². The number of hydrogen-bond donors (Lipinski definition) is 1. The van der Waals surface area contributed by atoms with Crippen LogP contribution in [0.2, 0.25) is 0 Å². The lowest BCUT2D eigenvalue weighted by Crippen LogP contribution is -2.48. The van der Waals surface area contributed by atoms with Crippen LogP contribution in [0.4, 0.5) is 0 Å². The van der Waals surface area contributed by atoms with Crippen LogP contribution in [-0.4, -0.2) is 37.9 Å². The molecule has 0 fully saturated rings. The van der Waals surface area contributed by atoms with Gasteiger partial charge in [-0.25, -0.2) is 13.1 Å². The Hall–Kier alpha value is -1.40. The Morgan fingerprint density at radius 2 is 1.82 bits per heavy atom. The minimum Gasteiger partial charge on any atom is -0.337 e. The second kappa shape index (κ2) is 6.79. The smallest absolute Gasteiger partial charge is 0.240 e. The maximum Gasteiger partial charge on any atom is 0.240 e. The van der Waals surface area contributed by atoms with Crippen LogP contribution in [0.3, 0.4) is 0 Å². The number of aryl methyl sites for hydroxylation is 2. The van der Waals surface area contributed by atoms with E-state index in [1.54, 1.807) is 24.0 Å². The lowest BCUT2D eigenvalue weighted by molar-refractivity contribution is -0.133. The molecule has 0 unspecified atom stereocenters. The highest BCUT2D eigenvalue weighted by molar-refractivity contribution is 7.89. The summed E-state index contributed by atoms with van der Waals surface area (Å²) < 4.78 is 27.3. The van der Waals surface area contributed by atoms with E-state index < -0.39 is 10.0 Å². The van der Waals surface area contributed by atoms with Crippen LogP contribution in [0.1, 0.15) is 38.8 Å². The van der Waals surface area contributed by atoms with Gasteiger partial charge in [0.1, 0.15) is 0 Å². The van der Waals surface area contributed by atoms with E-state index in [9.17, 15) is 13.2 Å². The van der Waals surface area contributed by atoms with Crippen molar-refractivity contribution < 1.29 is 13.2 Å². The van der Waals surface area contributed by atoms with Gasteiger partial charge in [-0.05, 0) is 46.2 Å². The highest BCUT2D eigenvalue weighted by Gasteiger charge is 2.24. The average Bonchev–Trinajstić information content (AvgIpc) is 2.31. The van der Waals surface area contributed by atoms with E-state index in [0.717, 1.165) is 5.56 Å². The lowest BCUT2D eigenvalue weighted by Gasteiger charge is -2.35. The first-order valence-corrected chi connectivity index (χ1v) is 8.78. The molecular formula is C16H26N2O3S. The Morgan fingerprint density at radius 3 is 2.27 bits per heavy atom. The van der Waals surface area contributed by atoms with Crippen LogP contribution in [0.15, 0.2) is 23.1 Å². The Morgan fingerprint density at radius 1 is 1.23 bits per heavy atom. The molecule has 6 heteroatoms. The fraction of sp³-hybridized carbons (Fsp3) is 0.562. The van der Waals surface area contributed by atoms with Crippen LogP contribution in [0.5, 0.6) is 0 Å². The fourth-order valence-electron chi connectivity index (χ4n) is 2.44. The second-order valence-electron chi connectivity index (χ2n) is 6.51. The normalized spacial score (nSPS) is 12.3. The van der Waals surface area contributed by atoms with Gasteiger partial charge in [-0.3, -0.25) is 4.79 Å². The summed E-state index contributed by atoms with van der Waals surface area (Å²) in [6.45, 7) is 11.5. The first-order chi connectivity index (χ1) is 9.95. The molecule has 0 spiro atoms. The minimum atomic E-state index is -3.56. The maximum atomic E-state index is 12.4. The van der Waals surface area contributed by atoms with Crippen molar-refractivity contribution in [2.24, 2.45) is 0 Å². The third-order valence-electron chi connectivity index (χ3n) is 3.44. The number of nitrogens with zero attached hydrogens (tertiary/aromatic N) is 1. The number of carbonyl (C=O) groups excluding carboxylic acids is 1. The van der Waals surface area contributed by atoms with Gasteiger partial charge in [-0.2, -0.15) is 0 Å². The topological polar surface area (TPSA) is 66.5 Å². The van der Waals surface area contributed by atoms with Crippen molar-refractivity contribution in [3.05, 3.63) is 29.3 Å². The number of carbonyl (C=O) groups is 1. The summed E-state index contributed by atoms with van der Waals surface area (Å²) in [5, 5.41) is 0.